The molecule has 5 heterocycles. The molecule has 244 valence electrons. The Kier molecular flexibility index (Phi) is 6.93. The molecule has 5 aliphatic rings. The van der Waals surface area contributed by atoms with Gasteiger partial charge in [-0.1, -0.05) is 17.4 Å². The van der Waals surface area contributed by atoms with Crippen LogP contribution in [0.5, 0.6) is 0 Å². The van der Waals surface area contributed by atoms with E-state index in [0.29, 0.717) is 35.3 Å². The van der Waals surface area contributed by atoms with Crippen LogP contribution in [0.1, 0.15) is 45.4 Å². The number of hydrogen-bond donors (Lipinski definition) is 2. The molecule has 2 aliphatic carbocycles. The number of fused-ring (bicyclic) bond motifs is 2. The van der Waals surface area contributed by atoms with E-state index in [0.717, 1.165) is 30.8 Å². The quantitative estimate of drug-likeness (QED) is 0.364. The molecule has 1 spiro atoms. The second-order valence-electron chi connectivity index (χ2n) is 13.7. The number of nitrogens with zero attached hydrogens (tertiary/aromatic N) is 5. The molecule has 5 fully saturated rings. The average molecular weight is 674 g/mol. The van der Waals surface area contributed by atoms with Crippen molar-refractivity contribution in [2.24, 2.45) is 5.41 Å². The van der Waals surface area contributed by atoms with E-state index in [1.807, 2.05) is 0 Å². The Balaban J connectivity index is 1.10. The molecule has 10 nitrogen and oxygen atoms in total. The van der Waals surface area contributed by atoms with Crippen molar-refractivity contribution >= 4 is 43.8 Å². The summed E-state index contributed by atoms with van der Waals surface area (Å²) in [4.78, 5) is 31.1. The fraction of sp³-hybridized carbons (Fsp3) is 0.548. The summed E-state index contributed by atoms with van der Waals surface area (Å²) in [6, 6.07) is 6.75. The largest absolute Gasteiger partial charge is 0.351 e. The summed E-state index contributed by atoms with van der Waals surface area (Å²) in [6.45, 7) is 2.68. The van der Waals surface area contributed by atoms with Crippen molar-refractivity contribution in [3.05, 3.63) is 36.3 Å². The zero-order valence-electron chi connectivity index (χ0n) is 25.2. The molecule has 2 aromatic heterocycles. The molecule has 3 aliphatic heterocycles. The minimum atomic E-state index is -2.91. The number of anilines is 3. The Morgan fingerprint density at radius 1 is 1.02 bits per heavy atom. The Labute approximate surface area is 268 Å². The van der Waals surface area contributed by atoms with Gasteiger partial charge >= 0.3 is 0 Å². The number of piperazine rings is 1. The number of sulfone groups is 1. The van der Waals surface area contributed by atoms with Gasteiger partial charge in [-0.05, 0) is 43.9 Å². The summed E-state index contributed by atoms with van der Waals surface area (Å²) < 4.78 is 66.7. The summed E-state index contributed by atoms with van der Waals surface area (Å²) in [7, 11) is -2.91. The second kappa shape index (κ2) is 10.6. The fourth-order valence-electron chi connectivity index (χ4n) is 8.16. The summed E-state index contributed by atoms with van der Waals surface area (Å²) in [5.74, 6) is -2.69. The molecular weight excluding hydrogens is 640 g/mol. The van der Waals surface area contributed by atoms with Crippen LogP contribution < -0.4 is 15.5 Å². The van der Waals surface area contributed by atoms with Gasteiger partial charge in [-0.15, -0.1) is 0 Å². The number of carbonyl (C=O) groups is 1. The summed E-state index contributed by atoms with van der Waals surface area (Å²) in [5.41, 5.74) is 1.11. The van der Waals surface area contributed by atoms with Crippen molar-refractivity contribution in [1.82, 2.24) is 19.9 Å². The number of likely N-dealkylation sites (tertiary alicyclic amines) is 1. The Hall–Kier alpha value is -3.30. The van der Waals surface area contributed by atoms with E-state index in [4.69, 9.17) is 9.97 Å². The fourth-order valence-corrected chi connectivity index (χ4v) is 11.6. The number of halogens is 3. The Morgan fingerprint density at radius 3 is 2.39 bits per heavy atom. The van der Waals surface area contributed by atoms with Crippen LogP contribution in [-0.4, -0.2) is 88.9 Å². The molecular formula is C31H34F3N7O3S2. The minimum Gasteiger partial charge on any atom is -0.351 e. The zero-order valence-corrected chi connectivity index (χ0v) is 26.8. The minimum absolute atomic E-state index is 0.0541. The average Bonchev–Trinajstić information content (AvgIpc) is 3.48. The molecule has 2 atom stereocenters. The topological polar surface area (TPSA) is 120 Å². The lowest BCUT2D eigenvalue weighted by atomic mass is 9.67. The molecule has 1 aromatic carbocycles. The van der Waals surface area contributed by atoms with Gasteiger partial charge in [0, 0.05) is 74.2 Å². The lowest BCUT2D eigenvalue weighted by molar-refractivity contribution is -0.127. The van der Waals surface area contributed by atoms with E-state index >= 15 is 4.39 Å². The maximum absolute atomic E-state index is 15.9. The maximum Gasteiger partial charge on any atom is 0.251 e. The smallest absolute Gasteiger partial charge is 0.251 e. The van der Waals surface area contributed by atoms with E-state index in [1.54, 1.807) is 24.4 Å². The van der Waals surface area contributed by atoms with Crippen LogP contribution in [0.2, 0.25) is 0 Å². The highest BCUT2D eigenvalue weighted by molar-refractivity contribution is 7.92. The number of thiazole rings is 1. The van der Waals surface area contributed by atoms with Crippen molar-refractivity contribution in [2.45, 2.75) is 75.5 Å². The monoisotopic (exact) mass is 673 g/mol. The molecule has 15 heteroatoms. The standard InChI is InChI=1S/C31H34F3N7O3S2/c1-17(42)36-23-4-2-3-22(25(23)32)26-27(24-7-8-35-28(38-24)37-18-9-30(10-18)15-46(43,44)16-30)45-29(39-26)41-19-5-6-20(41)14-40(13-19)21-11-31(33,34)12-21/h2-4,7-8,18-21H,5-6,9-16H2,1H3,(H,36,42)(H,35,37,38). The number of nitrogens with one attached hydrogen (secondary N) is 2. The van der Waals surface area contributed by atoms with Gasteiger partial charge in [-0.25, -0.2) is 36.5 Å². The van der Waals surface area contributed by atoms with Crippen molar-refractivity contribution in [2.75, 3.05) is 40.1 Å². The zero-order chi connectivity index (χ0) is 32.0. The predicted molar refractivity (Wildman–Crippen MR) is 169 cm³/mol. The van der Waals surface area contributed by atoms with Gasteiger partial charge in [-0.2, -0.15) is 0 Å². The lowest BCUT2D eigenvalue weighted by Gasteiger charge is -2.53. The van der Waals surface area contributed by atoms with Crippen LogP contribution in [-0.2, 0) is 14.6 Å². The molecule has 8 rings (SSSR count). The van der Waals surface area contributed by atoms with Crippen LogP contribution in [0, 0.1) is 11.2 Å². The van der Waals surface area contributed by atoms with Crippen molar-refractivity contribution in [3.8, 4) is 21.8 Å². The maximum atomic E-state index is 15.9. The molecule has 1 amide bonds. The van der Waals surface area contributed by atoms with Crippen molar-refractivity contribution in [3.63, 3.8) is 0 Å². The van der Waals surface area contributed by atoms with Gasteiger partial charge in [0.15, 0.2) is 20.8 Å². The third-order valence-corrected chi connectivity index (χ3v) is 13.3. The second-order valence-corrected chi connectivity index (χ2v) is 16.8. The molecule has 2 saturated carbocycles. The Bertz CT molecular complexity index is 1790. The molecule has 2 unspecified atom stereocenters. The normalized spacial score (nSPS) is 26.3. The first-order chi connectivity index (χ1) is 21.9. The molecule has 2 N–H and O–H groups in total. The third kappa shape index (κ3) is 5.33. The number of hydrogen-bond acceptors (Lipinski definition) is 10. The SMILES string of the molecule is CC(=O)Nc1cccc(-c2nc(N3C4CCC3CN(C3CC(F)(F)C3)C4)sc2-c2ccnc(NC3CC4(C3)CS(=O)(=O)C4)n2)c1F. The number of rotatable bonds is 7. The molecule has 3 saturated heterocycles. The van der Waals surface area contributed by atoms with E-state index in [1.165, 1.54) is 24.3 Å². The van der Waals surface area contributed by atoms with Crippen LogP contribution in [0.15, 0.2) is 30.5 Å². The molecule has 3 aromatic rings. The third-order valence-electron chi connectivity index (χ3n) is 10.1. The van der Waals surface area contributed by atoms with E-state index in [2.05, 4.69) is 25.4 Å². The van der Waals surface area contributed by atoms with Gasteiger partial charge in [0.1, 0.15) is 0 Å². The van der Waals surface area contributed by atoms with Gasteiger partial charge in [0.25, 0.3) is 5.92 Å². The molecule has 46 heavy (non-hydrogen) atoms. The summed E-state index contributed by atoms with van der Waals surface area (Å²) in [6.07, 6.45) is 4.78. The van der Waals surface area contributed by atoms with E-state index in [9.17, 15) is 22.0 Å². The first-order valence-corrected chi connectivity index (χ1v) is 18.3. The van der Waals surface area contributed by atoms with Gasteiger partial charge in [0.2, 0.25) is 11.9 Å². The van der Waals surface area contributed by atoms with Gasteiger partial charge in [-0.3, -0.25) is 9.69 Å². The first-order valence-electron chi connectivity index (χ1n) is 15.6. The molecule has 2 bridgehead atoms. The van der Waals surface area contributed by atoms with Crippen LogP contribution >= 0.6 is 11.3 Å². The predicted octanol–water partition coefficient (Wildman–Crippen LogP) is 4.80. The van der Waals surface area contributed by atoms with E-state index in [-0.39, 0.29) is 65.2 Å². The number of amides is 1. The first kappa shape index (κ1) is 30.1. The number of carbonyl (C=O) groups excluding carboxylic acids is 1. The molecule has 0 radical (unpaired) electrons. The lowest BCUT2D eigenvalue weighted by Crippen LogP contribution is -2.61. The summed E-state index contributed by atoms with van der Waals surface area (Å²) in [5, 5.41) is 6.62. The van der Waals surface area contributed by atoms with Crippen LogP contribution in [0.4, 0.5) is 29.9 Å². The highest BCUT2D eigenvalue weighted by Crippen LogP contribution is 2.51. The van der Waals surface area contributed by atoms with Gasteiger partial charge in [0.05, 0.1) is 33.5 Å². The number of benzene rings is 1. The van der Waals surface area contributed by atoms with Crippen molar-refractivity contribution in [1.29, 1.82) is 0 Å². The van der Waals surface area contributed by atoms with Gasteiger partial charge < -0.3 is 15.5 Å². The van der Waals surface area contributed by atoms with Crippen molar-refractivity contribution < 1.29 is 26.4 Å². The number of aromatic nitrogens is 3. The summed E-state index contributed by atoms with van der Waals surface area (Å²) >= 11 is 1.42. The Morgan fingerprint density at radius 2 is 1.74 bits per heavy atom. The van der Waals surface area contributed by atoms with Crippen LogP contribution in [0.25, 0.3) is 21.8 Å². The number of alkyl halides is 2. The highest BCUT2D eigenvalue weighted by Gasteiger charge is 2.56. The van der Waals surface area contributed by atoms with Crippen LogP contribution in [0.3, 0.4) is 0 Å². The van der Waals surface area contributed by atoms with E-state index < -0.39 is 27.5 Å². The highest BCUT2D eigenvalue weighted by atomic mass is 32.2.